The third-order valence-electron chi connectivity index (χ3n) is 7.10. The largest absolute Gasteiger partial charge is 0.497 e. The Hall–Kier alpha value is -3.27. The zero-order chi connectivity index (χ0) is 31.6. The molecule has 3 aromatic carbocycles. The van der Waals surface area contributed by atoms with Gasteiger partial charge in [-0.3, -0.25) is 13.9 Å². The molecule has 0 bridgehead atoms. The number of halogens is 2. The lowest BCUT2D eigenvalue weighted by molar-refractivity contribution is -0.141. The zero-order valence-corrected chi connectivity index (χ0v) is 27.3. The molecular formula is C32H39Cl2N3O5S. The first-order chi connectivity index (χ1) is 20.4. The van der Waals surface area contributed by atoms with Gasteiger partial charge in [0.15, 0.2) is 0 Å². The van der Waals surface area contributed by atoms with Gasteiger partial charge in [0.1, 0.15) is 11.8 Å². The molecule has 0 saturated heterocycles. The molecular weight excluding hydrogens is 609 g/mol. The average Bonchev–Trinajstić information content (AvgIpc) is 2.98. The summed E-state index contributed by atoms with van der Waals surface area (Å²) in [6.07, 6.45) is 2.40. The van der Waals surface area contributed by atoms with Crippen LogP contribution in [0.3, 0.4) is 0 Å². The highest BCUT2D eigenvalue weighted by Crippen LogP contribution is 2.26. The second kappa shape index (κ2) is 16.0. The first-order valence-electron chi connectivity index (χ1n) is 14.1. The Balaban J connectivity index is 1.91. The Morgan fingerprint density at radius 3 is 2.30 bits per heavy atom. The van der Waals surface area contributed by atoms with Gasteiger partial charge in [0.05, 0.1) is 29.1 Å². The number of nitrogens with zero attached hydrogens (tertiary/aromatic N) is 2. The zero-order valence-electron chi connectivity index (χ0n) is 24.9. The highest BCUT2D eigenvalue weighted by Gasteiger charge is 2.31. The van der Waals surface area contributed by atoms with E-state index in [0.29, 0.717) is 33.5 Å². The van der Waals surface area contributed by atoms with E-state index >= 15 is 0 Å². The van der Waals surface area contributed by atoms with Crippen LogP contribution in [0.25, 0.3) is 0 Å². The van der Waals surface area contributed by atoms with E-state index < -0.39 is 16.1 Å². The molecule has 3 rings (SSSR count). The van der Waals surface area contributed by atoms with Gasteiger partial charge in [-0.2, -0.15) is 0 Å². The highest BCUT2D eigenvalue weighted by molar-refractivity contribution is 7.92. The van der Waals surface area contributed by atoms with Crippen LogP contribution in [0.5, 0.6) is 5.75 Å². The molecule has 3 aromatic rings. The van der Waals surface area contributed by atoms with Crippen molar-refractivity contribution in [2.24, 2.45) is 0 Å². The lowest BCUT2D eigenvalue weighted by atomic mass is 10.0. The van der Waals surface area contributed by atoms with Gasteiger partial charge in [0.25, 0.3) is 0 Å². The first kappa shape index (κ1) is 34.2. The van der Waals surface area contributed by atoms with Crippen molar-refractivity contribution < 1.29 is 22.7 Å². The number of anilines is 1. The summed E-state index contributed by atoms with van der Waals surface area (Å²) in [5.41, 5.74) is 2.06. The van der Waals surface area contributed by atoms with Crippen LogP contribution in [-0.2, 0) is 32.6 Å². The van der Waals surface area contributed by atoms with E-state index in [4.69, 9.17) is 27.9 Å². The van der Waals surface area contributed by atoms with E-state index in [1.165, 1.54) is 11.4 Å². The number of carbonyl (C=O) groups excluding carboxylic acids is 2. The average molecular weight is 649 g/mol. The van der Waals surface area contributed by atoms with Crippen molar-refractivity contribution in [1.29, 1.82) is 0 Å². The number of hydrogen-bond acceptors (Lipinski definition) is 5. The molecule has 0 saturated carbocycles. The molecule has 2 amide bonds. The first-order valence-corrected chi connectivity index (χ1v) is 16.7. The van der Waals surface area contributed by atoms with Crippen molar-refractivity contribution in [3.8, 4) is 5.75 Å². The number of nitrogens with one attached hydrogen (secondary N) is 1. The second-order valence-electron chi connectivity index (χ2n) is 10.4. The lowest BCUT2D eigenvalue weighted by Gasteiger charge is -2.33. The fraction of sp³-hybridized carbons (Fsp3) is 0.375. The van der Waals surface area contributed by atoms with Crippen molar-refractivity contribution in [1.82, 2.24) is 10.2 Å². The predicted molar refractivity (Wildman–Crippen MR) is 173 cm³/mol. The topological polar surface area (TPSA) is 96.0 Å². The standard InChI is InChI=1S/C32H39Cl2N3O5S/c1-5-23(2)35-32(39)30(20-24-11-7-6-8-12-24)36(22-25-16-17-28(33)29(34)19-25)31(38)15-10-18-37(43(4,40)41)26-13-9-14-27(21-26)42-3/h6-9,11-14,16-17,19,21,23,30H,5,10,15,18,20,22H2,1-4H3,(H,35,39). The molecule has 0 fully saturated rings. The number of sulfonamides is 1. The third kappa shape index (κ3) is 10.2. The van der Waals surface area contributed by atoms with E-state index in [1.54, 1.807) is 47.4 Å². The smallest absolute Gasteiger partial charge is 0.243 e. The van der Waals surface area contributed by atoms with Gasteiger partial charge in [-0.05, 0) is 55.2 Å². The van der Waals surface area contributed by atoms with Gasteiger partial charge in [-0.25, -0.2) is 8.42 Å². The van der Waals surface area contributed by atoms with Gasteiger partial charge in [0, 0.05) is 38.0 Å². The molecule has 0 aliphatic carbocycles. The van der Waals surface area contributed by atoms with Crippen molar-refractivity contribution in [3.05, 3.63) is 94.0 Å². The minimum absolute atomic E-state index is 0.0131. The summed E-state index contributed by atoms with van der Waals surface area (Å²) in [4.78, 5) is 29.2. The molecule has 0 radical (unpaired) electrons. The van der Waals surface area contributed by atoms with Crippen LogP contribution in [-0.4, -0.2) is 57.1 Å². The van der Waals surface area contributed by atoms with Crippen molar-refractivity contribution in [3.63, 3.8) is 0 Å². The monoisotopic (exact) mass is 647 g/mol. The van der Waals surface area contributed by atoms with Crippen LogP contribution in [0.15, 0.2) is 72.8 Å². The molecule has 8 nitrogen and oxygen atoms in total. The van der Waals surface area contributed by atoms with Crippen LogP contribution in [0.4, 0.5) is 5.69 Å². The molecule has 43 heavy (non-hydrogen) atoms. The van der Waals surface area contributed by atoms with Gasteiger partial charge >= 0.3 is 0 Å². The maximum atomic E-state index is 14.0. The van der Waals surface area contributed by atoms with Gasteiger partial charge in [-0.15, -0.1) is 0 Å². The lowest BCUT2D eigenvalue weighted by Crippen LogP contribution is -2.52. The summed E-state index contributed by atoms with van der Waals surface area (Å²) in [7, 11) is -2.14. The van der Waals surface area contributed by atoms with Gasteiger partial charge < -0.3 is 15.0 Å². The number of benzene rings is 3. The number of rotatable bonds is 15. The molecule has 11 heteroatoms. The van der Waals surface area contributed by atoms with E-state index in [0.717, 1.165) is 18.2 Å². The van der Waals surface area contributed by atoms with Crippen LogP contribution >= 0.6 is 23.2 Å². The minimum Gasteiger partial charge on any atom is -0.497 e. The van der Waals surface area contributed by atoms with E-state index in [2.05, 4.69) is 5.32 Å². The molecule has 0 spiro atoms. The summed E-state index contributed by atoms with van der Waals surface area (Å²) >= 11 is 12.4. The number of amides is 2. The predicted octanol–water partition coefficient (Wildman–Crippen LogP) is 6.10. The minimum atomic E-state index is -3.64. The Morgan fingerprint density at radius 1 is 0.953 bits per heavy atom. The Labute approximate surface area is 265 Å². The summed E-state index contributed by atoms with van der Waals surface area (Å²) in [5, 5.41) is 3.77. The quantitative estimate of drug-likeness (QED) is 0.215. The molecule has 0 aliphatic rings. The third-order valence-corrected chi connectivity index (χ3v) is 9.04. The molecule has 2 atom stereocenters. The summed E-state index contributed by atoms with van der Waals surface area (Å²) in [5.74, 6) is -0.0303. The van der Waals surface area contributed by atoms with Gasteiger partial charge in [0.2, 0.25) is 21.8 Å². The second-order valence-corrected chi connectivity index (χ2v) is 13.2. The van der Waals surface area contributed by atoms with Crippen LogP contribution in [0.2, 0.25) is 10.0 Å². The van der Waals surface area contributed by atoms with Crippen molar-refractivity contribution in [2.75, 3.05) is 24.2 Å². The number of carbonyl (C=O) groups is 2. The highest BCUT2D eigenvalue weighted by atomic mass is 35.5. The Bertz CT molecular complexity index is 1490. The Kier molecular flexibility index (Phi) is 12.7. The van der Waals surface area contributed by atoms with Crippen molar-refractivity contribution >= 4 is 50.7 Å². The van der Waals surface area contributed by atoms with Gasteiger partial charge in [-0.1, -0.05) is 72.6 Å². The fourth-order valence-electron chi connectivity index (χ4n) is 4.60. The normalized spacial score (nSPS) is 12.7. The summed E-state index contributed by atoms with van der Waals surface area (Å²) in [6, 6.07) is 20.5. The molecule has 0 aliphatic heterocycles. The summed E-state index contributed by atoms with van der Waals surface area (Å²) < 4.78 is 31.9. The molecule has 232 valence electrons. The molecule has 0 heterocycles. The van der Waals surface area contributed by atoms with E-state index in [-0.39, 0.29) is 43.8 Å². The van der Waals surface area contributed by atoms with Crippen molar-refractivity contribution in [2.45, 2.75) is 58.2 Å². The summed E-state index contributed by atoms with van der Waals surface area (Å²) in [6.45, 7) is 4.08. The van der Waals surface area contributed by atoms with E-state index in [9.17, 15) is 18.0 Å². The maximum Gasteiger partial charge on any atom is 0.243 e. The van der Waals surface area contributed by atoms with Crippen LogP contribution in [0.1, 0.15) is 44.2 Å². The number of hydrogen-bond donors (Lipinski definition) is 1. The SMILES string of the molecule is CCC(C)NC(=O)C(Cc1ccccc1)N(Cc1ccc(Cl)c(Cl)c1)C(=O)CCCN(c1cccc(OC)c1)S(C)(=O)=O. The number of ether oxygens (including phenoxy) is 1. The molecule has 1 N–H and O–H groups in total. The number of methoxy groups -OCH3 is 1. The van der Waals surface area contributed by atoms with Crippen LogP contribution in [0, 0.1) is 0 Å². The maximum absolute atomic E-state index is 14.0. The Morgan fingerprint density at radius 2 is 1.67 bits per heavy atom. The molecule has 0 aromatic heterocycles. The molecule has 2 unspecified atom stereocenters. The van der Waals surface area contributed by atoms with E-state index in [1.807, 2.05) is 44.2 Å². The fourth-order valence-corrected chi connectivity index (χ4v) is 5.88. The van der Waals surface area contributed by atoms with Crippen LogP contribution < -0.4 is 14.4 Å².